The molecule has 190 valence electrons. The van der Waals surface area contributed by atoms with Crippen molar-refractivity contribution in [3.05, 3.63) is 54.1 Å². The van der Waals surface area contributed by atoms with Crippen molar-refractivity contribution >= 4 is 29.1 Å². The van der Waals surface area contributed by atoms with Crippen molar-refractivity contribution in [2.75, 3.05) is 24.3 Å². The molecule has 36 heavy (non-hydrogen) atoms. The Hall–Kier alpha value is -3.39. The quantitative estimate of drug-likeness (QED) is 0.653. The van der Waals surface area contributed by atoms with E-state index in [0.29, 0.717) is 29.8 Å². The highest BCUT2D eigenvalue weighted by Crippen LogP contribution is 2.33. The van der Waals surface area contributed by atoms with E-state index in [1.807, 2.05) is 30.3 Å². The third-order valence-corrected chi connectivity index (χ3v) is 7.48. The molecular formula is C28H33N3O5. The summed E-state index contributed by atoms with van der Waals surface area (Å²) in [4.78, 5) is 40.2. The lowest BCUT2D eigenvalue weighted by Gasteiger charge is -2.42. The molecule has 8 nitrogen and oxygen atoms in total. The molecule has 2 fully saturated rings. The number of para-hydroxylation sites is 1. The Labute approximate surface area is 211 Å². The summed E-state index contributed by atoms with van der Waals surface area (Å²) in [6.07, 6.45) is 5.06. The van der Waals surface area contributed by atoms with Crippen molar-refractivity contribution in [3.63, 3.8) is 0 Å². The van der Waals surface area contributed by atoms with Crippen LogP contribution in [-0.4, -0.2) is 54.5 Å². The summed E-state index contributed by atoms with van der Waals surface area (Å²) in [7, 11) is 1.78. The standard InChI is InChI=1S/C28H33N3O5/c1-31-23-13-12-21(16-26(32)29-19-9-3-2-4-10-19)36-25(23)17-35-24-14-11-20(15-22(24)28(31)34)30-27(33)18-7-5-6-8-18/h2-4,9-11,14-15,18,21,23,25H,5-8,12-13,16-17H2,1H3,(H,29,32)(H,30,33)/t21-,23-,25+/m0/s1. The summed E-state index contributed by atoms with van der Waals surface area (Å²) in [6, 6.07) is 14.4. The summed E-state index contributed by atoms with van der Waals surface area (Å²) < 4.78 is 12.3. The Bertz CT molecular complexity index is 1120. The van der Waals surface area contributed by atoms with Crippen LogP contribution in [0.4, 0.5) is 11.4 Å². The largest absolute Gasteiger partial charge is 0.490 e. The van der Waals surface area contributed by atoms with Gasteiger partial charge in [-0.05, 0) is 56.0 Å². The molecule has 1 aliphatic carbocycles. The van der Waals surface area contributed by atoms with Crippen LogP contribution in [0.3, 0.4) is 0 Å². The molecule has 5 rings (SSSR count). The fourth-order valence-electron chi connectivity index (χ4n) is 5.48. The number of fused-ring (bicyclic) bond motifs is 2. The second-order valence-electron chi connectivity index (χ2n) is 9.97. The second-order valence-corrected chi connectivity index (χ2v) is 9.97. The number of hydrogen-bond acceptors (Lipinski definition) is 5. The maximum atomic E-state index is 13.4. The topological polar surface area (TPSA) is 97.0 Å². The number of ether oxygens (including phenoxy) is 2. The van der Waals surface area contributed by atoms with E-state index in [9.17, 15) is 14.4 Å². The van der Waals surface area contributed by atoms with E-state index in [4.69, 9.17) is 9.47 Å². The van der Waals surface area contributed by atoms with Gasteiger partial charge >= 0.3 is 0 Å². The minimum absolute atomic E-state index is 0.0168. The van der Waals surface area contributed by atoms with Gasteiger partial charge in [-0.25, -0.2) is 0 Å². The Kier molecular flexibility index (Phi) is 7.23. The van der Waals surface area contributed by atoms with Crippen LogP contribution in [0.25, 0.3) is 0 Å². The summed E-state index contributed by atoms with van der Waals surface area (Å²) in [5.41, 5.74) is 1.80. The predicted molar refractivity (Wildman–Crippen MR) is 136 cm³/mol. The smallest absolute Gasteiger partial charge is 0.257 e. The lowest BCUT2D eigenvalue weighted by atomic mass is 9.94. The van der Waals surface area contributed by atoms with Crippen molar-refractivity contribution in [1.82, 2.24) is 4.90 Å². The van der Waals surface area contributed by atoms with E-state index in [2.05, 4.69) is 10.6 Å². The lowest BCUT2D eigenvalue weighted by molar-refractivity contribution is -0.130. The van der Waals surface area contributed by atoms with E-state index in [-0.39, 0.29) is 54.9 Å². The summed E-state index contributed by atoms with van der Waals surface area (Å²) in [5.74, 6) is 0.267. The van der Waals surface area contributed by atoms with Gasteiger partial charge in [0.1, 0.15) is 18.5 Å². The number of carbonyl (C=O) groups excluding carboxylic acids is 3. The average molecular weight is 492 g/mol. The molecule has 2 heterocycles. The molecule has 3 atom stereocenters. The molecule has 0 bridgehead atoms. The van der Waals surface area contributed by atoms with E-state index >= 15 is 0 Å². The number of likely N-dealkylation sites (N-methyl/N-ethyl adjacent to an activating group) is 1. The molecule has 0 aromatic heterocycles. The van der Waals surface area contributed by atoms with Crippen molar-refractivity contribution in [1.29, 1.82) is 0 Å². The van der Waals surface area contributed by atoms with Gasteiger partial charge in [-0.3, -0.25) is 14.4 Å². The fourth-order valence-corrected chi connectivity index (χ4v) is 5.48. The second kappa shape index (κ2) is 10.7. The van der Waals surface area contributed by atoms with Crippen LogP contribution in [0.15, 0.2) is 48.5 Å². The fraction of sp³-hybridized carbons (Fsp3) is 0.464. The summed E-state index contributed by atoms with van der Waals surface area (Å²) >= 11 is 0. The number of rotatable bonds is 5. The first-order valence-corrected chi connectivity index (χ1v) is 12.8. The molecular weight excluding hydrogens is 458 g/mol. The van der Waals surface area contributed by atoms with Gasteiger partial charge in [0.25, 0.3) is 5.91 Å². The molecule has 1 saturated carbocycles. The summed E-state index contributed by atoms with van der Waals surface area (Å²) in [6.45, 7) is 0.278. The summed E-state index contributed by atoms with van der Waals surface area (Å²) in [5, 5.41) is 5.88. The number of benzene rings is 2. The molecule has 2 aromatic rings. The van der Waals surface area contributed by atoms with Crippen molar-refractivity contribution in [2.45, 2.75) is 63.2 Å². The zero-order valence-electron chi connectivity index (χ0n) is 20.6. The van der Waals surface area contributed by atoms with Crippen LogP contribution >= 0.6 is 0 Å². The molecule has 8 heteroatoms. The number of anilines is 2. The Morgan fingerprint density at radius 2 is 1.75 bits per heavy atom. The van der Waals surface area contributed by atoms with Crippen LogP contribution in [0, 0.1) is 5.92 Å². The first-order chi connectivity index (χ1) is 17.5. The number of nitrogens with one attached hydrogen (secondary N) is 2. The first kappa shape index (κ1) is 24.3. The molecule has 0 unspecified atom stereocenters. The molecule has 2 aliphatic heterocycles. The van der Waals surface area contributed by atoms with Crippen LogP contribution in [0.1, 0.15) is 55.3 Å². The molecule has 3 amide bonds. The van der Waals surface area contributed by atoms with Crippen LogP contribution in [0.2, 0.25) is 0 Å². The lowest BCUT2D eigenvalue weighted by Crippen LogP contribution is -2.53. The number of carbonyl (C=O) groups is 3. The molecule has 2 aromatic carbocycles. The minimum atomic E-state index is -0.336. The SMILES string of the molecule is CN1C(=O)c2cc(NC(=O)C3CCCC3)ccc2OC[C@H]2O[C@H](CC(=O)Nc3ccccc3)CC[C@@H]21. The van der Waals surface area contributed by atoms with Gasteiger partial charge in [0.15, 0.2) is 0 Å². The number of amides is 3. The van der Waals surface area contributed by atoms with Gasteiger partial charge in [0, 0.05) is 24.3 Å². The van der Waals surface area contributed by atoms with E-state index in [1.54, 1.807) is 30.1 Å². The van der Waals surface area contributed by atoms with Gasteiger partial charge in [-0.15, -0.1) is 0 Å². The van der Waals surface area contributed by atoms with E-state index in [0.717, 1.165) is 31.4 Å². The third-order valence-electron chi connectivity index (χ3n) is 7.48. The normalized spacial score (nSPS) is 24.1. The van der Waals surface area contributed by atoms with Gasteiger partial charge in [0.05, 0.1) is 24.1 Å². The van der Waals surface area contributed by atoms with Gasteiger partial charge < -0.3 is 25.0 Å². The van der Waals surface area contributed by atoms with E-state index in [1.165, 1.54) is 0 Å². The maximum absolute atomic E-state index is 13.4. The first-order valence-electron chi connectivity index (χ1n) is 12.8. The average Bonchev–Trinajstić information content (AvgIpc) is 3.42. The van der Waals surface area contributed by atoms with Gasteiger partial charge in [0.2, 0.25) is 11.8 Å². The molecule has 0 spiro atoms. The predicted octanol–water partition coefficient (Wildman–Crippen LogP) is 4.22. The van der Waals surface area contributed by atoms with E-state index < -0.39 is 0 Å². The Morgan fingerprint density at radius 3 is 2.53 bits per heavy atom. The zero-order chi connectivity index (χ0) is 25.1. The molecule has 2 N–H and O–H groups in total. The Balaban J connectivity index is 1.24. The number of hydrogen-bond donors (Lipinski definition) is 2. The highest BCUT2D eigenvalue weighted by atomic mass is 16.5. The third kappa shape index (κ3) is 5.38. The molecule has 1 saturated heterocycles. The van der Waals surface area contributed by atoms with Crippen LogP contribution in [0.5, 0.6) is 5.75 Å². The maximum Gasteiger partial charge on any atom is 0.257 e. The van der Waals surface area contributed by atoms with Crippen LogP contribution < -0.4 is 15.4 Å². The van der Waals surface area contributed by atoms with Gasteiger partial charge in [-0.2, -0.15) is 0 Å². The van der Waals surface area contributed by atoms with Crippen LogP contribution in [-0.2, 0) is 14.3 Å². The molecule has 3 aliphatic rings. The zero-order valence-corrected chi connectivity index (χ0v) is 20.6. The molecule has 0 radical (unpaired) electrons. The van der Waals surface area contributed by atoms with Gasteiger partial charge in [-0.1, -0.05) is 31.0 Å². The monoisotopic (exact) mass is 491 g/mol. The Morgan fingerprint density at radius 1 is 0.972 bits per heavy atom. The van der Waals surface area contributed by atoms with Crippen molar-refractivity contribution < 1.29 is 23.9 Å². The van der Waals surface area contributed by atoms with Crippen molar-refractivity contribution in [2.24, 2.45) is 5.92 Å². The highest BCUT2D eigenvalue weighted by molar-refractivity contribution is 6.00. The minimum Gasteiger partial charge on any atom is -0.490 e. The van der Waals surface area contributed by atoms with Crippen molar-refractivity contribution in [3.8, 4) is 5.75 Å². The highest BCUT2D eigenvalue weighted by Gasteiger charge is 2.39. The number of nitrogens with zero attached hydrogens (tertiary/aromatic N) is 1.